The number of carbonyl (C=O) groups is 1. The largest absolute Gasteiger partial charge is 0.465 e. The van der Waals surface area contributed by atoms with E-state index in [1.165, 1.54) is 7.11 Å². The topological polar surface area (TPSA) is 50.4 Å². The van der Waals surface area contributed by atoms with Crippen molar-refractivity contribution in [3.8, 4) is 0 Å². The summed E-state index contributed by atoms with van der Waals surface area (Å²) in [5, 5.41) is 6.52. The third-order valence-corrected chi connectivity index (χ3v) is 2.17. The molecule has 0 aliphatic carbocycles. The Morgan fingerprint density at radius 2 is 2.27 bits per heavy atom. The Kier molecular flexibility index (Phi) is 4.39. The van der Waals surface area contributed by atoms with E-state index < -0.39 is 0 Å². The molecular formula is C10H13ClN2O2. The zero-order valence-corrected chi connectivity index (χ0v) is 9.39. The van der Waals surface area contributed by atoms with E-state index in [2.05, 4.69) is 15.4 Å². The molecule has 0 radical (unpaired) electrons. The first-order chi connectivity index (χ1) is 7.19. The zero-order valence-electron chi connectivity index (χ0n) is 8.63. The molecular weight excluding hydrogens is 216 g/mol. The lowest BCUT2D eigenvalue weighted by Crippen LogP contribution is -2.17. The highest BCUT2D eigenvalue weighted by Gasteiger charge is 2.08. The Labute approximate surface area is 93.6 Å². The van der Waals surface area contributed by atoms with E-state index in [4.69, 9.17) is 11.6 Å². The highest BCUT2D eigenvalue weighted by atomic mass is 35.5. The molecule has 0 saturated carbocycles. The van der Waals surface area contributed by atoms with Gasteiger partial charge in [-0.3, -0.25) is 0 Å². The van der Waals surface area contributed by atoms with Crippen molar-refractivity contribution in [2.75, 3.05) is 26.1 Å². The third kappa shape index (κ3) is 3.11. The van der Waals surface area contributed by atoms with Crippen molar-refractivity contribution >= 4 is 23.3 Å². The average Bonchev–Trinajstić information content (AvgIpc) is 2.27. The van der Waals surface area contributed by atoms with Crippen LogP contribution in [0.4, 0.5) is 5.69 Å². The number of halogens is 1. The van der Waals surface area contributed by atoms with Crippen LogP contribution in [-0.2, 0) is 4.74 Å². The molecule has 1 aromatic rings. The summed E-state index contributed by atoms with van der Waals surface area (Å²) in [6, 6.07) is 4.94. The zero-order chi connectivity index (χ0) is 11.3. The van der Waals surface area contributed by atoms with Gasteiger partial charge < -0.3 is 15.4 Å². The van der Waals surface area contributed by atoms with Crippen LogP contribution in [-0.4, -0.2) is 26.8 Å². The second-order valence-corrected chi connectivity index (χ2v) is 3.30. The van der Waals surface area contributed by atoms with Gasteiger partial charge in [0.1, 0.15) is 0 Å². The summed E-state index contributed by atoms with van der Waals surface area (Å²) in [5.74, 6) is -0.376. The minimum absolute atomic E-state index is 0.376. The Morgan fingerprint density at radius 3 is 2.87 bits per heavy atom. The van der Waals surface area contributed by atoms with Gasteiger partial charge in [-0.05, 0) is 25.2 Å². The van der Waals surface area contributed by atoms with Gasteiger partial charge in [0.15, 0.2) is 0 Å². The van der Waals surface area contributed by atoms with Gasteiger partial charge >= 0.3 is 5.97 Å². The molecule has 0 atom stereocenters. The maximum Gasteiger partial charge on any atom is 0.337 e. The van der Waals surface area contributed by atoms with Crippen molar-refractivity contribution in [3.63, 3.8) is 0 Å². The molecule has 15 heavy (non-hydrogen) atoms. The summed E-state index contributed by atoms with van der Waals surface area (Å²) in [4.78, 5) is 11.2. The maximum absolute atomic E-state index is 11.2. The van der Waals surface area contributed by atoms with Gasteiger partial charge in [0, 0.05) is 0 Å². The summed E-state index contributed by atoms with van der Waals surface area (Å²) in [7, 11) is 3.16. The first-order valence-corrected chi connectivity index (χ1v) is 4.83. The average molecular weight is 229 g/mol. The molecule has 0 aromatic heterocycles. The predicted molar refractivity (Wildman–Crippen MR) is 60.3 cm³/mol. The van der Waals surface area contributed by atoms with Crippen LogP contribution < -0.4 is 10.6 Å². The second kappa shape index (κ2) is 5.58. The molecule has 82 valence electrons. The molecule has 0 amide bonds. The van der Waals surface area contributed by atoms with E-state index in [0.717, 1.165) is 0 Å². The normalized spacial score (nSPS) is 9.80. The molecule has 2 N–H and O–H groups in total. The molecule has 0 spiro atoms. The van der Waals surface area contributed by atoms with E-state index in [1.807, 2.05) is 7.05 Å². The number of ether oxygens (including phenoxy) is 1. The van der Waals surface area contributed by atoms with Crippen LogP contribution in [0.5, 0.6) is 0 Å². The van der Waals surface area contributed by atoms with Crippen LogP contribution >= 0.6 is 11.6 Å². The summed E-state index contributed by atoms with van der Waals surface area (Å²) in [6.45, 7) is 0.574. The van der Waals surface area contributed by atoms with E-state index in [-0.39, 0.29) is 5.97 Å². The van der Waals surface area contributed by atoms with Gasteiger partial charge in [0.2, 0.25) is 0 Å². The quantitative estimate of drug-likeness (QED) is 0.609. The van der Waals surface area contributed by atoms with Gasteiger partial charge in [-0.15, -0.1) is 0 Å². The van der Waals surface area contributed by atoms with Gasteiger partial charge in [-0.25, -0.2) is 4.79 Å². The molecule has 0 aliphatic heterocycles. The minimum Gasteiger partial charge on any atom is -0.465 e. The highest BCUT2D eigenvalue weighted by molar-refractivity contribution is 6.33. The number of anilines is 1. The maximum atomic E-state index is 11.2. The lowest BCUT2D eigenvalue weighted by Gasteiger charge is -2.08. The molecule has 1 aromatic carbocycles. The van der Waals surface area contributed by atoms with Crippen molar-refractivity contribution in [1.82, 2.24) is 5.32 Å². The summed E-state index contributed by atoms with van der Waals surface area (Å²) < 4.78 is 4.61. The number of nitrogens with one attached hydrogen (secondary N) is 2. The first kappa shape index (κ1) is 11.8. The summed E-state index contributed by atoms with van der Waals surface area (Å²) in [6.07, 6.45) is 0. The first-order valence-electron chi connectivity index (χ1n) is 4.45. The number of methoxy groups -OCH3 is 1. The van der Waals surface area contributed by atoms with Crippen LogP contribution in [0.2, 0.25) is 5.02 Å². The van der Waals surface area contributed by atoms with Gasteiger partial charge in [0.25, 0.3) is 0 Å². The Bertz CT molecular complexity index is 355. The molecule has 4 nitrogen and oxygen atoms in total. The number of benzene rings is 1. The molecule has 0 unspecified atom stereocenters. The van der Waals surface area contributed by atoms with Crippen LogP contribution in [0.25, 0.3) is 0 Å². The molecule has 0 heterocycles. The van der Waals surface area contributed by atoms with Crippen LogP contribution in [0.15, 0.2) is 18.2 Å². The number of hydrogen-bond donors (Lipinski definition) is 2. The van der Waals surface area contributed by atoms with Gasteiger partial charge in [-0.1, -0.05) is 11.6 Å². The number of esters is 1. The fraction of sp³-hybridized carbons (Fsp3) is 0.300. The number of rotatable bonds is 4. The molecule has 0 fully saturated rings. The molecule has 0 aliphatic rings. The monoisotopic (exact) mass is 228 g/mol. The fourth-order valence-corrected chi connectivity index (χ4v) is 1.27. The van der Waals surface area contributed by atoms with Crippen LogP contribution in [0, 0.1) is 0 Å². The SMILES string of the molecule is CNCNc1cc(C(=O)OC)ccc1Cl. The second-order valence-electron chi connectivity index (χ2n) is 2.89. The lowest BCUT2D eigenvalue weighted by molar-refractivity contribution is 0.0601. The molecule has 5 heteroatoms. The van der Waals surface area contributed by atoms with Gasteiger partial charge in [-0.2, -0.15) is 0 Å². The smallest absolute Gasteiger partial charge is 0.337 e. The van der Waals surface area contributed by atoms with Crippen LogP contribution in [0.3, 0.4) is 0 Å². The fourth-order valence-electron chi connectivity index (χ4n) is 1.09. The standard InChI is InChI=1S/C10H13ClN2O2/c1-12-6-13-9-5-7(10(14)15-2)3-4-8(9)11/h3-5,12-13H,6H2,1-2H3. The third-order valence-electron chi connectivity index (χ3n) is 1.84. The highest BCUT2D eigenvalue weighted by Crippen LogP contribution is 2.22. The molecule has 0 saturated heterocycles. The summed E-state index contributed by atoms with van der Waals surface area (Å²) >= 11 is 5.94. The Balaban J connectivity index is 2.89. The Hall–Kier alpha value is -1.26. The van der Waals surface area contributed by atoms with E-state index in [1.54, 1.807) is 18.2 Å². The molecule has 0 bridgehead atoms. The summed E-state index contributed by atoms with van der Waals surface area (Å²) in [5.41, 5.74) is 1.18. The lowest BCUT2D eigenvalue weighted by atomic mass is 10.2. The minimum atomic E-state index is -0.376. The van der Waals surface area contributed by atoms with Gasteiger partial charge in [0.05, 0.1) is 30.1 Å². The van der Waals surface area contributed by atoms with Crippen molar-refractivity contribution in [2.24, 2.45) is 0 Å². The van der Waals surface area contributed by atoms with E-state index in [9.17, 15) is 4.79 Å². The molecule has 1 rings (SSSR count). The number of carbonyl (C=O) groups excluding carboxylic acids is 1. The van der Waals surface area contributed by atoms with Crippen molar-refractivity contribution in [3.05, 3.63) is 28.8 Å². The van der Waals surface area contributed by atoms with E-state index >= 15 is 0 Å². The number of hydrogen-bond acceptors (Lipinski definition) is 4. The Morgan fingerprint density at radius 1 is 1.53 bits per heavy atom. The van der Waals surface area contributed by atoms with E-state index in [0.29, 0.717) is 22.9 Å². The van der Waals surface area contributed by atoms with Crippen molar-refractivity contribution in [2.45, 2.75) is 0 Å². The predicted octanol–water partition coefficient (Wildman–Crippen LogP) is 1.72. The van der Waals surface area contributed by atoms with Crippen molar-refractivity contribution < 1.29 is 9.53 Å². The van der Waals surface area contributed by atoms with Crippen molar-refractivity contribution in [1.29, 1.82) is 0 Å². The van der Waals surface area contributed by atoms with Crippen LogP contribution in [0.1, 0.15) is 10.4 Å².